The minimum atomic E-state index is -3.05. The van der Waals surface area contributed by atoms with E-state index < -0.39 is 17.4 Å². The normalized spacial score (nSPS) is 12.3. The first-order valence-corrected chi connectivity index (χ1v) is 6.17. The zero-order valence-electron chi connectivity index (χ0n) is 9.90. The van der Waals surface area contributed by atoms with E-state index in [1.807, 2.05) is 0 Å². The van der Waals surface area contributed by atoms with Crippen molar-refractivity contribution in [1.82, 2.24) is 0 Å². The quantitative estimate of drug-likeness (QED) is 0.811. The summed E-state index contributed by atoms with van der Waals surface area (Å²) in [6.45, 7) is -1.78. The standard InChI is InChI=1S/C12H11BrF2O4/c1-6(16)11(13)10-7(5-9(17)18)3-2-4-8(10)19-12(14)15/h2-4,11-12H,5H2,1H3,(H,17,18). The van der Waals surface area contributed by atoms with E-state index in [4.69, 9.17) is 5.11 Å². The van der Waals surface area contributed by atoms with Crippen LogP contribution in [0.2, 0.25) is 0 Å². The molecule has 1 unspecified atom stereocenters. The molecule has 0 fully saturated rings. The number of alkyl halides is 3. The first-order chi connectivity index (χ1) is 8.82. The van der Waals surface area contributed by atoms with Crippen LogP contribution in [0.25, 0.3) is 0 Å². The van der Waals surface area contributed by atoms with Crippen LogP contribution in [0.15, 0.2) is 18.2 Å². The molecule has 0 aliphatic carbocycles. The van der Waals surface area contributed by atoms with Crippen LogP contribution in [0.5, 0.6) is 5.75 Å². The van der Waals surface area contributed by atoms with Gasteiger partial charge in [0.05, 0.1) is 6.42 Å². The number of carbonyl (C=O) groups excluding carboxylic acids is 1. The van der Waals surface area contributed by atoms with Crippen LogP contribution in [0, 0.1) is 0 Å². The molecule has 0 heterocycles. The van der Waals surface area contributed by atoms with Crippen LogP contribution < -0.4 is 4.74 Å². The smallest absolute Gasteiger partial charge is 0.387 e. The van der Waals surface area contributed by atoms with Gasteiger partial charge in [0.2, 0.25) is 0 Å². The number of aliphatic carboxylic acids is 1. The Bertz CT molecular complexity index is 491. The van der Waals surface area contributed by atoms with Crippen molar-refractivity contribution in [2.75, 3.05) is 0 Å². The van der Waals surface area contributed by atoms with Crippen LogP contribution in [-0.2, 0) is 16.0 Å². The Morgan fingerprint density at radius 1 is 1.42 bits per heavy atom. The van der Waals surface area contributed by atoms with E-state index in [0.29, 0.717) is 0 Å². The number of carboxylic acids is 1. The molecule has 1 rings (SSSR count). The van der Waals surface area contributed by atoms with Gasteiger partial charge in [-0.3, -0.25) is 9.59 Å². The van der Waals surface area contributed by atoms with Crippen molar-refractivity contribution in [1.29, 1.82) is 0 Å². The third-order valence-electron chi connectivity index (χ3n) is 2.32. The van der Waals surface area contributed by atoms with Crippen LogP contribution in [0.3, 0.4) is 0 Å². The molecule has 104 valence electrons. The number of carboxylic acid groups (broad SMARTS) is 1. The van der Waals surface area contributed by atoms with Crippen molar-refractivity contribution in [2.45, 2.75) is 24.8 Å². The molecule has 0 aliphatic rings. The number of benzene rings is 1. The van der Waals surface area contributed by atoms with E-state index in [1.165, 1.54) is 25.1 Å². The highest BCUT2D eigenvalue weighted by Crippen LogP contribution is 2.36. The molecule has 0 radical (unpaired) electrons. The largest absolute Gasteiger partial charge is 0.481 e. The predicted octanol–water partition coefficient (Wildman–Crippen LogP) is 2.94. The Hall–Kier alpha value is -1.50. The molecule has 1 atom stereocenters. The topological polar surface area (TPSA) is 63.6 Å². The molecule has 7 heteroatoms. The highest BCUT2D eigenvalue weighted by atomic mass is 79.9. The molecule has 0 amide bonds. The number of Topliss-reactive ketones (excluding diaryl/α,β-unsaturated/α-hetero) is 1. The average molecular weight is 337 g/mol. The van der Waals surface area contributed by atoms with Gasteiger partial charge in [0.1, 0.15) is 16.4 Å². The van der Waals surface area contributed by atoms with E-state index in [2.05, 4.69) is 20.7 Å². The van der Waals surface area contributed by atoms with Gasteiger partial charge in [-0.2, -0.15) is 8.78 Å². The first-order valence-electron chi connectivity index (χ1n) is 5.25. The molecule has 1 aromatic rings. The van der Waals surface area contributed by atoms with Crippen molar-refractivity contribution in [3.8, 4) is 5.75 Å². The van der Waals surface area contributed by atoms with Crippen molar-refractivity contribution < 1.29 is 28.2 Å². The van der Waals surface area contributed by atoms with Gasteiger partial charge in [0.15, 0.2) is 0 Å². The fraction of sp³-hybridized carbons (Fsp3) is 0.333. The Kier molecular flexibility index (Phi) is 5.41. The molecule has 1 N–H and O–H groups in total. The van der Waals surface area contributed by atoms with E-state index >= 15 is 0 Å². The van der Waals surface area contributed by atoms with Crippen molar-refractivity contribution in [3.63, 3.8) is 0 Å². The lowest BCUT2D eigenvalue weighted by atomic mass is 9.99. The fourth-order valence-electron chi connectivity index (χ4n) is 1.60. The molecule has 4 nitrogen and oxygen atoms in total. The molecular weight excluding hydrogens is 326 g/mol. The van der Waals surface area contributed by atoms with Crippen LogP contribution in [-0.4, -0.2) is 23.5 Å². The fourth-order valence-corrected chi connectivity index (χ4v) is 2.12. The van der Waals surface area contributed by atoms with E-state index in [-0.39, 0.29) is 29.1 Å². The lowest BCUT2D eigenvalue weighted by Gasteiger charge is -2.17. The SMILES string of the molecule is CC(=O)C(Br)c1c(CC(=O)O)cccc1OC(F)F. The van der Waals surface area contributed by atoms with Gasteiger partial charge in [-0.05, 0) is 18.6 Å². The maximum atomic E-state index is 12.3. The Morgan fingerprint density at radius 3 is 2.53 bits per heavy atom. The number of halogens is 3. The maximum absolute atomic E-state index is 12.3. The second kappa shape index (κ2) is 6.60. The minimum Gasteiger partial charge on any atom is -0.481 e. The number of carbonyl (C=O) groups is 2. The van der Waals surface area contributed by atoms with Gasteiger partial charge in [0, 0.05) is 5.56 Å². The molecule has 0 aromatic heterocycles. The van der Waals surface area contributed by atoms with Crippen molar-refractivity contribution in [2.24, 2.45) is 0 Å². The van der Waals surface area contributed by atoms with Crippen molar-refractivity contribution in [3.05, 3.63) is 29.3 Å². The van der Waals surface area contributed by atoms with Gasteiger partial charge in [-0.1, -0.05) is 28.1 Å². The summed E-state index contributed by atoms with van der Waals surface area (Å²) < 4.78 is 29.0. The summed E-state index contributed by atoms with van der Waals surface area (Å²) in [4.78, 5) is 21.2. The summed E-state index contributed by atoms with van der Waals surface area (Å²) in [6.07, 6.45) is -0.384. The van der Waals surface area contributed by atoms with Gasteiger partial charge in [0.25, 0.3) is 0 Å². The number of rotatable bonds is 6. The summed E-state index contributed by atoms with van der Waals surface area (Å²) in [5.41, 5.74) is 0.375. The molecule has 0 aliphatic heterocycles. The summed E-state index contributed by atoms with van der Waals surface area (Å²) in [5, 5.41) is 8.80. The lowest BCUT2D eigenvalue weighted by Crippen LogP contribution is -2.13. The lowest BCUT2D eigenvalue weighted by molar-refractivity contribution is -0.136. The third-order valence-corrected chi connectivity index (χ3v) is 3.43. The molecule has 0 spiro atoms. The zero-order valence-corrected chi connectivity index (χ0v) is 11.5. The molecule has 19 heavy (non-hydrogen) atoms. The van der Waals surface area contributed by atoms with E-state index in [1.54, 1.807) is 0 Å². The Balaban J connectivity index is 3.30. The third kappa shape index (κ3) is 4.27. The van der Waals surface area contributed by atoms with Gasteiger partial charge < -0.3 is 9.84 Å². The first kappa shape index (κ1) is 15.6. The zero-order chi connectivity index (χ0) is 14.6. The second-order valence-electron chi connectivity index (χ2n) is 3.75. The summed E-state index contributed by atoms with van der Waals surface area (Å²) in [6, 6.07) is 4.13. The number of hydrogen-bond donors (Lipinski definition) is 1. The van der Waals surface area contributed by atoms with E-state index in [9.17, 15) is 18.4 Å². The highest BCUT2D eigenvalue weighted by molar-refractivity contribution is 9.09. The second-order valence-corrected chi connectivity index (χ2v) is 4.67. The van der Waals surface area contributed by atoms with Crippen LogP contribution in [0.1, 0.15) is 22.9 Å². The number of ether oxygens (including phenoxy) is 1. The number of hydrogen-bond acceptors (Lipinski definition) is 3. The van der Waals surface area contributed by atoms with Gasteiger partial charge >= 0.3 is 12.6 Å². The summed E-state index contributed by atoms with van der Waals surface area (Å²) >= 11 is 3.06. The Morgan fingerprint density at radius 2 is 2.05 bits per heavy atom. The molecule has 0 bridgehead atoms. The number of ketones is 1. The molecule has 0 saturated heterocycles. The highest BCUT2D eigenvalue weighted by Gasteiger charge is 2.23. The van der Waals surface area contributed by atoms with E-state index in [0.717, 1.165) is 0 Å². The molecular formula is C12H11BrF2O4. The molecule has 0 saturated carbocycles. The van der Waals surface area contributed by atoms with Gasteiger partial charge in [-0.25, -0.2) is 0 Å². The van der Waals surface area contributed by atoms with Crippen LogP contribution in [0.4, 0.5) is 8.78 Å². The van der Waals surface area contributed by atoms with Crippen molar-refractivity contribution >= 4 is 27.7 Å². The van der Waals surface area contributed by atoms with Gasteiger partial charge in [-0.15, -0.1) is 0 Å². The van der Waals surface area contributed by atoms with Crippen LogP contribution >= 0.6 is 15.9 Å². The summed E-state index contributed by atoms with van der Waals surface area (Å²) in [7, 11) is 0. The predicted molar refractivity (Wildman–Crippen MR) is 66.8 cm³/mol. The molecule has 1 aromatic carbocycles. The minimum absolute atomic E-state index is 0.123. The Labute approximate surface area is 116 Å². The average Bonchev–Trinajstić information content (AvgIpc) is 2.26. The maximum Gasteiger partial charge on any atom is 0.387 e. The summed E-state index contributed by atoms with van der Waals surface area (Å²) in [5.74, 6) is -1.67. The monoisotopic (exact) mass is 336 g/mol.